The zero-order chi connectivity index (χ0) is 18.7. The molecule has 2 amide bonds. The Morgan fingerprint density at radius 1 is 1.19 bits per heavy atom. The van der Waals surface area contributed by atoms with Gasteiger partial charge < -0.3 is 20.1 Å². The number of amides is 2. The first kappa shape index (κ1) is 17.5. The molecule has 1 aromatic carbocycles. The summed E-state index contributed by atoms with van der Waals surface area (Å²) in [5, 5.41) is 6.52. The highest BCUT2D eigenvalue weighted by molar-refractivity contribution is 6.08. The summed E-state index contributed by atoms with van der Waals surface area (Å²) in [6.45, 7) is 0.227. The van der Waals surface area contributed by atoms with Crippen LogP contribution in [0.1, 0.15) is 10.4 Å². The van der Waals surface area contributed by atoms with Gasteiger partial charge in [0.2, 0.25) is 5.91 Å². The summed E-state index contributed by atoms with van der Waals surface area (Å²) in [4.78, 5) is 30.3. The van der Waals surface area contributed by atoms with E-state index in [0.717, 1.165) is 16.6 Å². The van der Waals surface area contributed by atoms with Crippen molar-refractivity contribution in [3.63, 3.8) is 0 Å². The first-order valence-corrected chi connectivity index (χ1v) is 8.21. The van der Waals surface area contributed by atoms with Gasteiger partial charge in [0.25, 0.3) is 5.91 Å². The molecule has 0 aliphatic carbocycles. The van der Waals surface area contributed by atoms with Crippen molar-refractivity contribution in [2.24, 2.45) is 0 Å². The SMILES string of the molecule is CNC(=O)Cn1ccc2ccc(NC(=O)c3cnccc3N(C)C)cc21. The third-order valence-corrected chi connectivity index (χ3v) is 4.15. The molecule has 0 aliphatic heterocycles. The average molecular weight is 351 g/mol. The minimum absolute atomic E-state index is 0.0806. The van der Waals surface area contributed by atoms with Crippen LogP contribution in [0.2, 0.25) is 0 Å². The summed E-state index contributed by atoms with van der Waals surface area (Å²) < 4.78 is 1.85. The summed E-state index contributed by atoms with van der Waals surface area (Å²) in [6, 6.07) is 9.36. The van der Waals surface area contributed by atoms with Crippen molar-refractivity contribution >= 4 is 34.1 Å². The summed E-state index contributed by atoms with van der Waals surface area (Å²) in [5.74, 6) is -0.312. The standard InChI is InChI=1S/C19H21N5O2/c1-20-18(25)12-24-9-7-13-4-5-14(10-17(13)24)22-19(26)15-11-21-8-6-16(15)23(2)3/h4-11H,12H2,1-3H3,(H,20,25)(H,22,26). The third kappa shape index (κ3) is 3.51. The van der Waals surface area contributed by atoms with Crippen LogP contribution in [0.25, 0.3) is 10.9 Å². The fourth-order valence-corrected chi connectivity index (χ4v) is 2.78. The number of aromatic nitrogens is 2. The molecule has 0 radical (unpaired) electrons. The van der Waals surface area contributed by atoms with Crippen molar-refractivity contribution in [3.8, 4) is 0 Å². The number of carbonyl (C=O) groups excluding carboxylic acids is 2. The molecule has 0 atom stereocenters. The maximum absolute atomic E-state index is 12.7. The molecule has 134 valence electrons. The molecule has 0 spiro atoms. The fourth-order valence-electron chi connectivity index (χ4n) is 2.78. The van der Waals surface area contributed by atoms with E-state index < -0.39 is 0 Å². The second-order valence-electron chi connectivity index (χ2n) is 6.13. The Labute approximate surface area is 151 Å². The second kappa shape index (κ2) is 7.26. The Morgan fingerprint density at radius 3 is 2.73 bits per heavy atom. The van der Waals surface area contributed by atoms with E-state index in [1.807, 2.05) is 54.0 Å². The monoisotopic (exact) mass is 351 g/mol. The fraction of sp³-hybridized carbons (Fsp3) is 0.211. The van der Waals surface area contributed by atoms with E-state index in [1.54, 1.807) is 25.5 Å². The van der Waals surface area contributed by atoms with Gasteiger partial charge in [0.1, 0.15) is 6.54 Å². The van der Waals surface area contributed by atoms with Crippen molar-refractivity contribution < 1.29 is 9.59 Å². The van der Waals surface area contributed by atoms with Gasteiger partial charge in [-0.1, -0.05) is 6.07 Å². The minimum Gasteiger partial charge on any atom is -0.377 e. The topological polar surface area (TPSA) is 79.3 Å². The quantitative estimate of drug-likeness (QED) is 0.738. The van der Waals surface area contributed by atoms with Crippen molar-refractivity contribution in [2.45, 2.75) is 6.54 Å². The van der Waals surface area contributed by atoms with Gasteiger partial charge in [-0.05, 0) is 29.7 Å². The number of fused-ring (bicyclic) bond motifs is 1. The number of anilines is 2. The van der Waals surface area contributed by atoms with E-state index in [1.165, 1.54) is 0 Å². The molecule has 0 aliphatic rings. The lowest BCUT2D eigenvalue weighted by Crippen LogP contribution is -2.23. The van der Waals surface area contributed by atoms with E-state index in [4.69, 9.17) is 0 Å². The molecule has 26 heavy (non-hydrogen) atoms. The van der Waals surface area contributed by atoms with Crippen LogP contribution in [-0.4, -0.2) is 42.5 Å². The van der Waals surface area contributed by atoms with E-state index >= 15 is 0 Å². The molecule has 0 unspecified atom stereocenters. The number of hydrogen-bond acceptors (Lipinski definition) is 4. The normalized spacial score (nSPS) is 10.6. The van der Waals surface area contributed by atoms with Crippen LogP contribution < -0.4 is 15.5 Å². The van der Waals surface area contributed by atoms with Gasteiger partial charge >= 0.3 is 0 Å². The molecule has 2 N–H and O–H groups in total. The van der Waals surface area contributed by atoms with Crippen LogP contribution in [-0.2, 0) is 11.3 Å². The molecule has 7 nitrogen and oxygen atoms in total. The molecular formula is C19H21N5O2. The van der Waals surface area contributed by atoms with Gasteiger partial charge in [-0.25, -0.2) is 0 Å². The first-order chi connectivity index (χ1) is 12.5. The number of nitrogens with zero attached hydrogens (tertiary/aromatic N) is 3. The van der Waals surface area contributed by atoms with Crippen LogP contribution in [0.15, 0.2) is 48.9 Å². The van der Waals surface area contributed by atoms with Gasteiger partial charge in [0.15, 0.2) is 0 Å². The Bertz CT molecular complexity index is 961. The Morgan fingerprint density at radius 2 is 2.00 bits per heavy atom. The molecule has 0 saturated carbocycles. The molecule has 0 fully saturated rings. The molecule has 2 heterocycles. The summed E-state index contributed by atoms with van der Waals surface area (Å²) in [6.07, 6.45) is 5.07. The first-order valence-electron chi connectivity index (χ1n) is 8.21. The average Bonchev–Trinajstić information content (AvgIpc) is 3.03. The van der Waals surface area contributed by atoms with E-state index in [9.17, 15) is 9.59 Å². The smallest absolute Gasteiger partial charge is 0.259 e. The molecule has 3 rings (SSSR count). The van der Waals surface area contributed by atoms with Crippen molar-refractivity contribution in [2.75, 3.05) is 31.4 Å². The number of carbonyl (C=O) groups is 2. The highest BCUT2D eigenvalue weighted by Gasteiger charge is 2.14. The summed E-state index contributed by atoms with van der Waals surface area (Å²) in [7, 11) is 5.36. The van der Waals surface area contributed by atoms with E-state index in [0.29, 0.717) is 11.3 Å². The Kier molecular flexibility index (Phi) is 4.88. The Hall–Kier alpha value is -3.35. The predicted molar refractivity (Wildman–Crippen MR) is 103 cm³/mol. The zero-order valence-corrected chi connectivity index (χ0v) is 15.0. The minimum atomic E-state index is -0.231. The lowest BCUT2D eigenvalue weighted by Gasteiger charge is -2.16. The number of hydrogen-bond donors (Lipinski definition) is 2. The molecule has 0 saturated heterocycles. The van der Waals surface area contributed by atoms with Gasteiger partial charge in [-0.3, -0.25) is 14.6 Å². The van der Waals surface area contributed by atoms with Gasteiger partial charge in [0.05, 0.1) is 16.8 Å². The van der Waals surface area contributed by atoms with Crippen molar-refractivity contribution in [1.29, 1.82) is 0 Å². The zero-order valence-electron chi connectivity index (χ0n) is 15.0. The summed E-state index contributed by atoms with van der Waals surface area (Å²) >= 11 is 0. The van der Waals surface area contributed by atoms with Crippen molar-refractivity contribution in [1.82, 2.24) is 14.9 Å². The van der Waals surface area contributed by atoms with Crippen LogP contribution in [0.3, 0.4) is 0 Å². The number of rotatable bonds is 5. The molecular weight excluding hydrogens is 330 g/mol. The largest absolute Gasteiger partial charge is 0.377 e. The lowest BCUT2D eigenvalue weighted by atomic mass is 10.2. The number of benzene rings is 1. The van der Waals surface area contributed by atoms with Crippen LogP contribution in [0.5, 0.6) is 0 Å². The highest BCUT2D eigenvalue weighted by Crippen LogP contribution is 2.23. The van der Waals surface area contributed by atoms with Gasteiger partial charge in [-0.15, -0.1) is 0 Å². The summed E-state index contributed by atoms with van der Waals surface area (Å²) in [5.41, 5.74) is 2.83. The van der Waals surface area contributed by atoms with Crippen LogP contribution >= 0.6 is 0 Å². The van der Waals surface area contributed by atoms with Crippen LogP contribution in [0, 0.1) is 0 Å². The maximum atomic E-state index is 12.7. The second-order valence-corrected chi connectivity index (χ2v) is 6.13. The predicted octanol–water partition coefficient (Wildman–Crippen LogP) is 2.10. The number of likely N-dealkylation sites (N-methyl/N-ethyl adjacent to an activating group) is 1. The third-order valence-electron chi connectivity index (χ3n) is 4.15. The number of pyridine rings is 1. The van der Waals surface area contributed by atoms with Crippen LogP contribution in [0.4, 0.5) is 11.4 Å². The highest BCUT2D eigenvalue weighted by atomic mass is 16.2. The maximum Gasteiger partial charge on any atom is 0.259 e. The molecule has 7 heteroatoms. The van der Waals surface area contributed by atoms with E-state index in [2.05, 4.69) is 15.6 Å². The van der Waals surface area contributed by atoms with Gasteiger partial charge in [0, 0.05) is 45.4 Å². The Balaban J connectivity index is 1.88. The van der Waals surface area contributed by atoms with Crippen molar-refractivity contribution in [3.05, 3.63) is 54.5 Å². The van der Waals surface area contributed by atoms with E-state index in [-0.39, 0.29) is 18.4 Å². The molecule has 3 aromatic rings. The molecule has 2 aromatic heterocycles. The van der Waals surface area contributed by atoms with Gasteiger partial charge in [-0.2, -0.15) is 0 Å². The lowest BCUT2D eigenvalue weighted by molar-refractivity contribution is -0.121. The number of nitrogens with one attached hydrogen (secondary N) is 2. The molecule has 0 bridgehead atoms.